The van der Waals surface area contributed by atoms with Gasteiger partial charge in [0, 0.05) is 26.2 Å². The van der Waals surface area contributed by atoms with Crippen LogP contribution >= 0.6 is 0 Å². The van der Waals surface area contributed by atoms with Gasteiger partial charge in [-0.2, -0.15) is 0 Å². The van der Waals surface area contributed by atoms with E-state index in [0.29, 0.717) is 6.10 Å². The van der Waals surface area contributed by atoms with E-state index < -0.39 is 0 Å². The van der Waals surface area contributed by atoms with Gasteiger partial charge < -0.3 is 9.64 Å². The summed E-state index contributed by atoms with van der Waals surface area (Å²) in [5, 5.41) is 0. The van der Waals surface area contributed by atoms with Crippen molar-refractivity contribution in [3.8, 4) is 0 Å². The van der Waals surface area contributed by atoms with E-state index in [2.05, 4.69) is 44.5 Å². The molecule has 0 spiro atoms. The molecule has 0 aromatic carbocycles. The van der Waals surface area contributed by atoms with Gasteiger partial charge in [0.2, 0.25) is 0 Å². The lowest BCUT2D eigenvalue weighted by Crippen LogP contribution is -2.44. The molecule has 0 aromatic rings. The molecule has 1 aliphatic heterocycles. The molecular formula is C31H64N2O. The van der Waals surface area contributed by atoms with Crippen LogP contribution in [-0.2, 0) is 4.74 Å². The largest absolute Gasteiger partial charge is 0.376 e. The van der Waals surface area contributed by atoms with E-state index in [1.807, 2.05) is 0 Å². The van der Waals surface area contributed by atoms with Gasteiger partial charge in [0.1, 0.15) is 0 Å². The van der Waals surface area contributed by atoms with Crippen molar-refractivity contribution in [3.05, 3.63) is 0 Å². The molecule has 0 saturated carbocycles. The normalized spacial score (nSPS) is 18.3. The standard InChI is InChI=1S/C31H64N2O/c1-6-10-14-15-20-30(19-13-9-4)27-32(5)24-22-31-28-33(25-26-34-31)23-16-21-29(17-11-7-2)18-12-8-3/h29-31H,6-28H2,1-5H3/t30?,31-/m1/s1. The van der Waals surface area contributed by atoms with Gasteiger partial charge >= 0.3 is 0 Å². The second-order valence-electron chi connectivity index (χ2n) is 11.5. The van der Waals surface area contributed by atoms with Crippen molar-refractivity contribution in [3.63, 3.8) is 0 Å². The molecule has 204 valence electrons. The number of nitrogens with zero attached hydrogens (tertiary/aromatic N) is 2. The second kappa shape index (κ2) is 22.1. The summed E-state index contributed by atoms with van der Waals surface area (Å²) in [4.78, 5) is 5.30. The van der Waals surface area contributed by atoms with E-state index in [1.165, 1.54) is 129 Å². The predicted molar refractivity (Wildman–Crippen MR) is 152 cm³/mol. The molecule has 0 N–H and O–H groups in total. The first-order valence-corrected chi connectivity index (χ1v) is 15.6. The summed E-state index contributed by atoms with van der Waals surface area (Å²) in [6, 6.07) is 0. The summed E-state index contributed by atoms with van der Waals surface area (Å²) in [5.74, 6) is 1.85. The van der Waals surface area contributed by atoms with Gasteiger partial charge in [-0.05, 0) is 57.5 Å². The highest BCUT2D eigenvalue weighted by molar-refractivity contribution is 4.74. The fourth-order valence-electron chi connectivity index (χ4n) is 5.76. The first-order chi connectivity index (χ1) is 16.6. The Morgan fingerprint density at radius 2 is 1.32 bits per heavy atom. The highest BCUT2D eigenvalue weighted by Gasteiger charge is 2.21. The van der Waals surface area contributed by atoms with E-state index in [9.17, 15) is 0 Å². The molecule has 2 atom stereocenters. The highest BCUT2D eigenvalue weighted by atomic mass is 16.5. The monoisotopic (exact) mass is 481 g/mol. The molecular weight excluding hydrogens is 416 g/mol. The van der Waals surface area contributed by atoms with Crippen molar-refractivity contribution < 1.29 is 4.74 Å². The summed E-state index contributed by atoms with van der Waals surface area (Å²) < 4.78 is 6.19. The minimum Gasteiger partial charge on any atom is -0.376 e. The average molecular weight is 481 g/mol. The average Bonchev–Trinajstić information content (AvgIpc) is 2.85. The molecule has 1 heterocycles. The van der Waals surface area contributed by atoms with Crippen LogP contribution in [-0.4, -0.2) is 62.3 Å². The van der Waals surface area contributed by atoms with Crippen LogP contribution in [0.5, 0.6) is 0 Å². The Morgan fingerprint density at radius 3 is 1.97 bits per heavy atom. The van der Waals surface area contributed by atoms with E-state index in [4.69, 9.17) is 4.74 Å². The minimum absolute atomic E-state index is 0.436. The third kappa shape index (κ3) is 16.5. The van der Waals surface area contributed by atoms with Gasteiger partial charge in [0.05, 0.1) is 12.7 Å². The fraction of sp³-hybridized carbons (Fsp3) is 1.00. The predicted octanol–water partition coefficient (Wildman–Crippen LogP) is 8.56. The summed E-state index contributed by atoms with van der Waals surface area (Å²) in [6.07, 6.45) is 24.0. The molecule has 0 aromatic heterocycles. The number of ether oxygens (including phenoxy) is 1. The molecule has 0 bridgehead atoms. The van der Waals surface area contributed by atoms with Crippen LogP contribution in [0, 0.1) is 11.8 Å². The summed E-state index contributed by atoms with van der Waals surface area (Å²) in [5.41, 5.74) is 0. The van der Waals surface area contributed by atoms with Gasteiger partial charge in [-0.15, -0.1) is 0 Å². The van der Waals surface area contributed by atoms with Crippen LogP contribution in [0.4, 0.5) is 0 Å². The highest BCUT2D eigenvalue weighted by Crippen LogP contribution is 2.22. The molecule has 0 aliphatic carbocycles. The summed E-state index contributed by atoms with van der Waals surface area (Å²) in [7, 11) is 2.35. The Kier molecular flexibility index (Phi) is 20.7. The molecule has 3 heteroatoms. The topological polar surface area (TPSA) is 15.7 Å². The smallest absolute Gasteiger partial charge is 0.0714 e. The van der Waals surface area contributed by atoms with E-state index in [1.54, 1.807) is 0 Å². The maximum Gasteiger partial charge on any atom is 0.0714 e. The van der Waals surface area contributed by atoms with Crippen LogP contribution in [0.3, 0.4) is 0 Å². The third-order valence-electron chi connectivity index (χ3n) is 8.08. The third-order valence-corrected chi connectivity index (χ3v) is 8.08. The quantitative estimate of drug-likeness (QED) is 0.136. The summed E-state index contributed by atoms with van der Waals surface area (Å²) >= 11 is 0. The van der Waals surface area contributed by atoms with Crippen LogP contribution in [0.25, 0.3) is 0 Å². The molecule has 1 fully saturated rings. The first-order valence-electron chi connectivity index (χ1n) is 15.6. The van der Waals surface area contributed by atoms with Crippen LogP contribution in [0.15, 0.2) is 0 Å². The van der Waals surface area contributed by atoms with E-state index >= 15 is 0 Å². The molecule has 0 radical (unpaired) electrons. The zero-order valence-electron chi connectivity index (χ0n) is 24.3. The Balaban J connectivity index is 2.30. The van der Waals surface area contributed by atoms with Crippen molar-refractivity contribution in [2.45, 2.75) is 143 Å². The molecule has 1 rings (SSSR count). The van der Waals surface area contributed by atoms with Crippen molar-refractivity contribution >= 4 is 0 Å². The maximum absolute atomic E-state index is 6.19. The number of rotatable bonds is 23. The number of morpholine rings is 1. The lowest BCUT2D eigenvalue weighted by molar-refractivity contribution is -0.0358. The van der Waals surface area contributed by atoms with E-state index in [0.717, 1.165) is 31.5 Å². The van der Waals surface area contributed by atoms with Gasteiger partial charge in [0.25, 0.3) is 0 Å². The maximum atomic E-state index is 6.19. The first kappa shape index (κ1) is 31.9. The van der Waals surface area contributed by atoms with Gasteiger partial charge in [-0.3, -0.25) is 4.90 Å². The molecule has 3 nitrogen and oxygen atoms in total. The van der Waals surface area contributed by atoms with Crippen molar-refractivity contribution in [2.75, 3.05) is 46.4 Å². The number of unbranched alkanes of at least 4 members (excludes halogenated alkanes) is 6. The fourth-order valence-corrected chi connectivity index (χ4v) is 5.76. The molecule has 1 saturated heterocycles. The van der Waals surface area contributed by atoms with Crippen molar-refractivity contribution in [1.29, 1.82) is 0 Å². The second-order valence-corrected chi connectivity index (χ2v) is 11.5. The lowest BCUT2D eigenvalue weighted by Gasteiger charge is -2.34. The summed E-state index contributed by atoms with van der Waals surface area (Å²) in [6.45, 7) is 16.3. The minimum atomic E-state index is 0.436. The van der Waals surface area contributed by atoms with Crippen LogP contribution in [0.2, 0.25) is 0 Å². The van der Waals surface area contributed by atoms with Gasteiger partial charge in [-0.1, -0.05) is 105 Å². The molecule has 1 unspecified atom stereocenters. The number of hydrogen-bond donors (Lipinski definition) is 0. The molecule has 1 aliphatic rings. The Bertz CT molecular complexity index is 422. The Hall–Kier alpha value is -0.120. The zero-order valence-corrected chi connectivity index (χ0v) is 24.3. The molecule has 34 heavy (non-hydrogen) atoms. The SMILES string of the molecule is CCCCCCC(CCCC)CN(C)CC[C@@H]1CN(CCCC(CCCC)CCCC)CCO1. The molecule has 0 amide bonds. The van der Waals surface area contributed by atoms with E-state index in [-0.39, 0.29) is 0 Å². The Labute approximate surface area is 215 Å². The van der Waals surface area contributed by atoms with Gasteiger partial charge in [0.15, 0.2) is 0 Å². The van der Waals surface area contributed by atoms with Gasteiger partial charge in [-0.25, -0.2) is 0 Å². The van der Waals surface area contributed by atoms with Crippen LogP contribution in [0.1, 0.15) is 137 Å². The van der Waals surface area contributed by atoms with Crippen molar-refractivity contribution in [1.82, 2.24) is 9.80 Å². The van der Waals surface area contributed by atoms with Crippen LogP contribution < -0.4 is 0 Å². The lowest BCUT2D eigenvalue weighted by atomic mass is 9.91. The number of hydrogen-bond acceptors (Lipinski definition) is 3. The Morgan fingerprint density at radius 1 is 0.735 bits per heavy atom. The van der Waals surface area contributed by atoms with Crippen molar-refractivity contribution in [2.24, 2.45) is 11.8 Å². The zero-order chi connectivity index (χ0) is 24.9.